The Balaban J connectivity index is 4.00. The minimum Gasteiger partial charge on any atom is -0.510 e. The highest BCUT2D eigenvalue weighted by Crippen LogP contribution is 2.09. The predicted molar refractivity (Wildman–Crippen MR) is 118 cm³/mol. The fourth-order valence-corrected chi connectivity index (χ4v) is 2.21. The number of esters is 1. The molecule has 0 saturated heterocycles. The third-order valence-corrected chi connectivity index (χ3v) is 3.76. The Labute approximate surface area is 175 Å². The Morgan fingerprint density at radius 1 is 0.931 bits per heavy atom. The number of allylic oxidation sites excluding steroid dienone is 9. The summed E-state index contributed by atoms with van der Waals surface area (Å²) in [6.45, 7) is 4.14. The van der Waals surface area contributed by atoms with Crippen LogP contribution in [0.4, 0.5) is 0 Å². The van der Waals surface area contributed by atoms with Crippen molar-refractivity contribution in [2.75, 3.05) is 6.61 Å². The number of ether oxygens (including phenoxy) is 1. The van der Waals surface area contributed by atoms with Crippen LogP contribution in [-0.4, -0.2) is 40.1 Å². The highest BCUT2D eigenvalue weighted by atomic mass is 16.5. The van der Waals surface area contributed by atoms with Crippen LogP contribution in [0.5, 0.6) is 0 Å². The number of carbonyl (C=O) groups excluding carboxylic acids is 1. The third-order valence-electron chi connectivity index (χ3n) is 3.76. The Morgan fingerprint density at radius 2 is 1.62 bits per heavy atom. The third kappa shape index (κ3) is 17.5. The van der Waals surface area contributed by atoms with Gasteiger partial charge in [-0.1, -0.05) is 67.7 Å². The first-order valence-electron chi connectivity index (χ1n) is 10.2. The van der Waals surface area contributed by atoms with Crippen LogP contribution in [0.3, 0.4) is 0 Å². The fourth-order valence-electron chi connectivity index (χ4n) is 2.21. The molecule has 0 fully saturated rings. The van der Waals surface area contributed by atoms with Gasteiger partial charge in [0.15, 0.2) is 0 Å². The van der Waals surface area contributed by atoms with Crippen LogP contribution >= 0.6 is 0 Å². The number of aliphatic hydroxyl groups excluding tert-OH is 3. The highest BCUT2D eigenvalue weighted by molar-refractivity contribution is 5.69. The molecule has 0 aliphatic heterocycles. The maximum Gasteiger partial charge on any atom is 0.306 e. The molecule has 29 heavy (non-hydrogen) atoms. The minimum atomic E-state index is -0.936. The summed E-state index contributed by atoms with van der Waals surface area (Å²) in [5.74, 6) is -0.425. The van der Waals surface area contributed by atoms with E-state index >= 15 is 0 Å². The monoisotopic (exact) mass is 404 g/mol. The number of hydrogen-bond acceptors (Lipinski definition) is 5. The fraction of sp³-hybridized carbons (Fsp3) is 0.458. The summed E-state index contributed by atoms with van der Waals surface area (Å²) in [5.41, 5.74) is 0. The lowest BCUT2D eigenvalue weighted by Gasteiger charge is -2.08. The van der Waals surface area contributed by atoms with Gasteiger partial charge in [0.05, 0.1) is 12.7 Å². The van der Waals surface area contributed by atoms with Gasteiger partial charge in [-0.25, -0.2) is 0 Å². The summed E-state index contributed by atoms with van der Waals surface area (Å²) in [7, 11) is 0. The molecule has 0 aliphatic rings. The van der Waals surface area contributed by atoms with Crippen molar-refractivity contribution in [1.82, 2.24) is 0 Å². The summed E-state index contributed by atoms with van der Waals surface area (Å²) in [6.07, 6.45) is 22.0. The summed E-state index contributed by atoms with van der Waals surface area (Å²) in [5, 5.41) is 29.3. The largest absolute Gasteiger partial charge is 0.510 e. The molecule has 3 N–H and O–H groups in total. The standard InChI is InChI=1S/C24H36O5/c1-3-5-12-16-21(25)17-13-10-8-6-7-9-11-14-18-22(26)23(27)19-15-20-24(28)29-4-2/h5-13,17,19,21-22,25-27H,3-4,14-16,18,20H2,1-2H3/b7-6+,10-8-,11-9+,12-5-,17-13+,23-19+/t21-,22+/m1/s1. The van der Waals surface area contributed by atoms with E-state index in [9.17, 15) is 20.1 Å². The van der Waals surface area contributed by atoms with E-state index in [4.69, 9.17) is 4.74 Å². The zero-order valence-corrected chi connectivity index (χ0v) is 17.6. The van der Waals surface area contributed by atoms with E-state index in [0.717, 1.165) is 6.42 Å². The van der Waals surface area contributed by atoms with Gasteiger partial charge in [-0.3, -0.25) is 4.79 Å². The molecule has 5 heteroatoms. The van der Waals surface area contributed by atoms with Crippen molar-refractivity contribution in [3.63, 3.8) is 0 Å². The van der Waals surface area contributed by atoms with Crippen LogP contribution in [0.2, 0.25) is 0 Å². The average Bonchev–Trinajstić information content (AvgIpc) is 2.69. The zero-order valence-electron chi connectivity index (χ0n) is 17.6. The van der Waals surface area contributed by atoms with Crippen molar-refractivity contribution in [2.24, 2.45) is 0 Å². The molecule has 0 radical (unpaired) electrons. The van der Waals surface area contributed by atoms with E-state index in [-0.39, 0.29) is 18.1 Å². The van der Waals surface area contributed by atoms with Crippen LogP contribution in [-0.2, 0) is 9.53 Å². The minimum absolute atomic E-state index is 0.111. The van der Waals surface area contributed by atoms with Gasteiger partial charge in [0.25, 0.3) is 0 Å². The molecule has 5 nitrogen and oxygen atoms in total. The molecule has 0 saturated carbocycles. The van der Waals surface area contributed by atoms with E-state index in [0.29, 0.717) is 32.3 Å². The SMILES string of the molecule is CC/C=C\C[C@@H](O)/C=C/C=C\C=C\C=C\CC[C@H](O)/C(O)=C\CCC(=O)OCC. The van der Waals surface area contributed by atoms with Gasteiger partial charge in [0, 0.05) is 6.42 Å². The van der Waals surface area contributed by atoms with Crippen LogP contribution in [0.1, 0.15) is 52.4 Å². The van der Waals surface area contributed by atoms with E-state index in [1.165, 1.54) is 6.08 Å². The normalized spacial score (nSPS) is 15.4. The second-order valence-electron chi connectivity index (χ2n) is 6.33. The van der Waals surface area contributed by atoms with Crippen molar-refractivity contribution in [2.45, 2.75) is 64.6 Å². The first-order chi connectivity index (χ1) is 14.0. The summed E-state index contributed by atoms with van der Waals surface area (Å²) in [4.78, 5) is 11.2. The summed E-state index contributed by atoms with van der Waals surface area (Å²) in [6, 6.07) is 0. The van der Waals surface area contributed by atoms with Crippen molar-refractivity contribution in [1.29, 1.82) is 0 Å². The van der Waals surface area contributed by atoms with Gasteiger partial charge >= 0.3 is 5.97 Å². The Hall–Kier alpha value is -2.37. The van der Waals surface area contributed by atoms with Gasteiger partial charge in [0.2, 0.25) is 0 Å². The molecule has 0 rings (SSSR count). The molecule has 0 heterocycles. The molecular formula is C24H36O5. The van der Waals surface area contributed by atoms with Gasteiger partial charge in [-0.2, -0.15) is 0 Å². The molecular weight excluding hydrogens is 368 g/mol. The van der Waals surface area contributed by atoms with E-state index in [2.05, 4.69) is 6.92 Å². The topological polar surface area (TPSA) is 87.0 Å². The Morgan fingerprint density at radius 3 is 2.31 bits per heavy atom. The number of carbonyl (C=O) groups is 1. The lowest BCUT2D eigenvalue weighted by atomic mass is 10.1. The molecule has 0 amide bonds. The molecule has 2 atom stereocenters. The molecule has 0 unspecified atom stereocenters. The van der Waals surface area contributed by atoms with Gasteiger partial charge in [-0.05, 0) is 45.1 Å². The van der Waals surface area contributed by atoms with Gasteiger partial charge in [-0.15, -0.1) is 0 Å². The first-order valence-corrected chi connectivity index (χ1v) is 10.2. The molecule has 0 spiro atoms. The molecule has 0 aliphatic carbocycles. The summed E-state index contributed by atoms with van der Waals surface area (Å²) < 4.78 is 4.80. The second kappa shape index (κ2) is 19.0. The van der Waals surface area contributed by atoms with Crippen LogP contribution in [0.25, 0.3) is 0 Å². The van der Waals surface area contributed by atoms with Crippen molar-refractivity contribution in [3.05, 3.63) is 72.6 Å². The molecule has 0 aromatic rings. The zero-order chi connectivity index (χ0) is 21.7. The number of aliphatic hydroxyl groups is 3. The lowest BCUT2D eigenvalue weighted by molar-refractivity contribution is -0.143. The van der Waals surface area contributed by atoms with Gasteiger partial charge in [0.1, 0.15) is 11.9 Å². The van der Waals surface area contributed by atoms with Crippen molar-refractivity contribution < 1.29 is 24.9 Å². The maximum absolute atomic E-state index is 11.2. The van der Waals surface area contributed by atoms with Crippen molar-refractivity contribution in [3.8, 4) is 0 Å². The summed E-state index contributed by atoms with van der Waals surface area (Å²) >= 11 is 0. The highest BCUT2D eigenvalue weighted by Gasteiger charge is 2.08. The average molecular weight is 405 g/mol. The first kappa shape index (κ1) is 26.6. The van der Waals surface area contributed by atoms with E-state index < -0.39 is 12.2 Å². The smallest absolute Gasteiger partial charge is 0.306 e. The van der Waals surface area contributed by atoms with E-state index in [1.807, 2.05) is 54.7 Å². The second-order valence-corrected chi connectivity index (χ2v) is 6.33. The molecule has 0 bridgehead atoms. The number of rotatable bonds is 15. The Kier molecular flexibility index (Phi) is 17.4. The van der Waals surface area contributed by atoms with Gasteiger partial charge < -0.3 is 20.1 Å². The maximum atomic E-state index is 11.2. The molecule has 0 aromatic heterocycles. The van der Waals surface area contributed by atoms with Crippen LogP contribution in [0.15, 0.2) is 72.6 Å². The van der Waals surface area contributed by atoms with Crippen LogP contribution < -0.4 is 0 Å². The van der Waals surface area contributed by atoms with Crippen LogP contribution in [0, 0.1) is 0 Å². The Bertz CT molecular complexity index is 596. The quantitative estimate of drug-likeness (QED) is 0.157. The molecule has 162 valence electrons. The number of hydrogen-bond donors (Lipinski definition) is 3. The predicted octanol–water partition coefficient (Wildman–Crippen LogP) is 4.85. The van der Waals surface area contributed by atoms with E-state index in [1.54, 1.807) is 13.0 Å². The molecule has 0 aromatic carbocycles. The van der Waals surface area contributed by atoms with Crippen molar-refractivity contribution >= 4 is 5.97 Å². The lowest BCUT2D eigenvalue weighted by Crippen LogP contribution is -2.10.